The summed E-state index contributed by atoms with van der Waals surface area (Å²) < 4.78 is 18.8. The summed E-state index contributed by atoms with van der Waals surface area (Å²) >= 11 is 0. The molecule has 0 atom stereocenters. The summed E-state index contributed by atoms with van der Waals surface area (Å²) in [7, 11) is 1.40. The molecule has 3 N–H and O–H groups in total. The molecule has 0 bridgehead atoms. The van der Waals surface area contributed by atoms with Gasteiger partial charge in [0.25, 0.3) is 5.91 Å². The van der Waals surface area contributed by atoms with Crippen molar-refractivity contribution >= 4 is 17.4 Å². The van der Waals surface area contributed by atoms with E-state index in [1.54, 1.807) is 0 Å². The maximum atomic E-state index is 13.7. The number of benzene rings is 1. The Labute approximate surface area is 120 Å². The summed E-state index contributed by atoms with van der Waals surface area (Å²) in [5.41, 5.74) is 5.79. The Hall–Kier alpha value is -3.14. The average molecular weight is 286 g/mol. The molecule has 0 saturated carbocycles. The van der Waals surface area contributed by atoms with Gasteiger partial charge in [-0.1, -0.05) is 0 Å². The number of rotatable bonds is 3. The van der Waals surface area contributed by atoms with Gasteiger partial charge in [-0.3, -0.25) is 4.79 Å². The molecule has 0 unspecified atom stereocenters. The van der Waals surface area contributed by atoms with Gasteiger partial charge in [0.15, 0.2) is 11.6 Å². The van der Waals surface area contributed by atoms with Crippen LogP contribution in [-0.2, 0) is 0 Å². The van der Waals surface area contributed by atoms with Crippen molar-refractivity contribution in [1.82, 2.24) is 4.98 Å². The van der Waals surface area contributed by atoms with E-state index in [9.17, 15) is 9.18 Å². The number of amides is 1. The smallest absolute Gasteiger partial charge is 0.258 e. The molecule has 0 aliphatic carbocycles. The first-order valence-corrected chi connectivity index (χ1v) is 5.86. The summed E-state index contributed by atoms with van der Waals surface area (Å²) in [6.07, 6.45) is 1.24. The highest BCUT2D eigenvalue weighted by molar-refractivity contribution is 6.05. The van der Waals surface area contributed by atoms with Gasteiger partial charge in [-0.2, -0.15) is 5.26 Å². The molecule has 0 saturated heterocycles. The fraction of sp³-hybridized carbons (Fsp3) is 0.0714. The normalized spacial score (nSPS) is 9.76. The minimum absolute atomic E-state index is 0.228. The summed E-state index contributed by atoms with van der Waals surface area (Å²) in [5.74, 6) is -1.63. The van der Waals surface area contributed by atoms with Crippen LogP contribution in [0.5, 0.6) is 5.75 Å². The fourth-order valence-corrected chi connectivity index (χ4v) is 1.69. The Morgan fingerprint density at radius 1 is 1.48 bits per heavy atom. The Morgan fingerprint density at radius 3 is 2.90 bits per heavy atom. The standard InChI is InChI=1S/C14H11FN4O2/c1-21-11-6-8(7-16)2-3-10(11)19-14(20)9-4-5-18-13(17)12(9)15/h2-6H,1H3,(H2,17,18)(H,19,20). The van der Waals surface area contributed by atoms with E-state index in [2.05, 4.69) is 10.3 Å². The van der Waals surface area contributed by atoms with Crippen molar-refractivity contribution in [3.63, 3.8) is 0 Å². The fourth-order valence-electron chi connectivity index (χ4n) is 1.69. The highest BCUT2D eigenvalue weighted by atomic mass is 19.1. The van der Waals surface area contributed by atoms with Gasteiger partial charge < -0.3 is 15.8 Å². The predicted molar refractivity (Wildman–Crippen MR) is 74.3 cm³/mol. The molecule has 21 heavy (non-hydrogen) atoms. The third kappa shape index (κ3) is 2.90. The molecule has 0 aliphatic rings. The van der Waals surface area contributed by atoms with Crippen molar-refractivity contribution < 1.29 is 13.9 Å². The van der Waals surface area contributed by atoms with E-state index >= 15 is 0 Å². The maximum Gasteiger partial charge on any atom is 0.258 e. The third-order valence-electron chi connectivity index (χ3n) is 2.74. The van der Waals surface area contributed by atoms with Crippen LogP contribution in [0.15, 0.2) is 30.5 Å². The number of hydrogen-bond donors (Lipinski definition) is 2. The van der Waals surface area contributed by atoms with Crippen LogP contribution in [0.2, 0.25) is 0 Å². The number of anilines is 2. The van der Waals surface area contributed by atoms with Crippen LogP contribution in [0.25, 0.3) is 0 Å². The molecule has 6 nitrogen and oxygen atoms in total. The van der Waals surface area contributed by atoms with Crippen LogP contribution in [-0.4, -0.2) is 18.0 Å². The van der Waals surface area contributed by atoms with Gasteiger partial charge in [0.1, 0.15) is 5.75 Å². The molecule has 1 amide bonds. The Bertz CT molecular complexity index is 740. The predicted octanol–water partition coefficient (Wildman–Crippen LogP) is 1.94. The molecule has 7 heteroatoms. The van der Waals surface area contributed by atoms with Crippen LogP contribution < -0.4 is 15.8 Å². The summed E-state index contributed by atoms with van der Waals surface area (Å²) in [5, 5.41) is 11.3. The highest BCUT2D eigenvalue weighted by Gasteiger charge is 2.16. The lowest BCUT2D eigenvalue weighted by Gasteiger charge is -2.11. The zero-order chi connectivity index (χ0) is 15.4. The second kappa shape index (κ2) is 5.88. The van der Waals surface area contributed by atoms with E-state index in [0.29, 0.717) is 17.0 Å². The van der Waals surface area contributed by atoms with E-state index in [0.717, 1.165) is 0 Å². The van der Waals surface area contributed by atoms with Crippen molar-refractivity contribution in [2.24, 2.45) is 0 Å². The molecule has 0 radical (unpaired) electrons. The first kappa shape index (κ1) is 14.3. The van der Waals surface area contributed by atoms with E-state index < -0.39 is 11.7 Å². The van der Waals surface area contributed by atoms with Gasteiger partial charge in [-0.05, 0) is 18.2 Å². The SMILES string of the molecule is COc1cc(C#N)ccc1NC(=O)c1ccnc(N)c1F. The molecule has 0 spiro atoms. The maximum absolute atomic E-state index is 13.7. The number of halogens is 1. The van der Waals surface area contributed by atoms with Crippen molar-refractivity contribution in [1.29, 1.82) is 5.26 Å². The number of hydrogen-bond acceptors (Lipinski definition) is 5. The Morgan fingerprint density at radius 2 is 2.24 bits per heavy atom. The van der Waals surface area contributed by atoms with Gasteiger partial charge in [0.2, 0.25) is 0 Å². The van der Waals surface area contributed by atoms with Crippen molar-refractivity contribution in [3.8, 4) is 11.8 Å². The van der Waals surface area contributed by atoms with Crippen molar-refractivity contribution in [3.05, 3.63) is 47.4 Å². The lowest BCUT2D eigenvalue weighted by Crippen LogP contribution is -2.15. The van der Waals surface area contributed by atoms with Crippen LogP contribution in [0.1, 0.15) is 15.9 Å². The molecule has 1 aromatic heterocycles. The molecular weight excluding hydrogens is 275 g/mol. The number of pyridine rings is 1. The summed E-state index contributed by atoms with van der Waals surface area (Å²) in [6, 6.07) is 7.64. The van der Waals surface area contributed by atoms with Crippen LogP contribution in [0, 0.1) is 17.1 Å². The zero-order valence-corrected chi connectivity index (χ0v) is 11.1. The molecule has 1 heterocycles. The molecule has 2 aromatic rings. The number of carbonyl (C=O) groups is 1. The van der Waals surface area contributed by atoms with Crippen LogP contribution in [0.4, 0.5) is 15.9 Å². The second-order valence-electron chi connectivity index (χ2n) is 4.04. The number of nitrogens with zero attached hydrogens (tertiary/aromatic N) is 2. The number of ether oxygens (including phenoxy) is 1. The van der Waals surface area contributed by atoms with Crippen LogP contribution >= 0.6 is 0 Å². The molecule has 2 rings (SSSR count). The number of nitrogens with one attached hydrogen (secondary N) is 1. The largest absolute Gasteiger partial charge is 0.495 e. The summed E-state index contributed by atoms with van der Waals surface area (Å²) in [6.45, 7) is 0. The molecule has 0 aliphatic heterocycles. The van der Waals surface area contributed by atoms with Gasteiger partial charge >= 0.3 is 0 Å². The minimum atomic E-state index is -0.886. The average Bonchev–Trinajstić information content (AvgIpc) is 2.50. The topological polar surface area (TPSA) is 101 Å². The molecular formula is C14H11FN4O2. The zero-order valence-electron chi connectivity index (χ0n) is 11.1. The summed E-state index contributed by atoms with van der Waals surface area (Å²) in [4.78, 5) is 15.6. The van der Waals surface area contributed by atoms with Gasteiger partial charge in [-0.25, -0.2) is 9.37 Å². The Balaban J connectivity index is 2.32. The monoisotopic (exact) mass is 286 g/mol. The number of nitrogens with two attached hydrogens (primary N) is 1. The second-order valence-corrected chi connectivity index (χ2v) is 4.04. The van der Waals surface area contributed by atoms with E-state index in [4.69, 9.17) is 15.7 Å². The molecule has 1 aromatic carbocycles. The minimum Gasteiger partial charge on any atom is -0.495 e. The number of nitriles is 1. The van der Waals surface area contributed by atoms with Gasteiger partial charge in [-0.15, -0.1) is 0 Å². The van der Waals surface area contributed by atoms with Crippen LogP contribution in [0.3, 0.4) is 0 Å². The van der Waals surface area contributed by atoms with Crippen molar-refractivity contribution in [2.75, 3.05) is 18.2 Å². The number of nitrogen functional groups attached to an aromatic ring is 1. The van der Waals surface area contributed by atoms with Gasteiger partial charge in [0, 0.05) is 12.3 Å². The molecule has 106 valence electrons. The quantitative estimate of drug-likeness (QED) is 0.897. The van der Waals surface area contributed by atoms with Gasteiger partial charge in [0.05, 0.1) is 30.0 Å². The lowest BCUT2D eigenvalue weighted by atomic mass is 10.2. The Kier molecular flexibility index (Phi) is 4.00. The highest BCUT2D eigenvalue weighted by Crippen LogP contribution is 2.26. The number of methoxy groups -OCH3 is 1. The third-order valence-corrected chi connectivity index (χ3v) is 2.74. The van der Waals surface area contributed by atoms with E-state index in [1.165, 1.54) is 37.6 Å². The van der Waals surface area contributed by atoms with E-state index in [-0.39, 0.29) is 11.4 Å². The first-order valence-electron chi connectivity index (χ1n) is 5.86. The lowest BCUT2D eigenvalue weighted by molar-refractivity contribution is 0.102. The number of carbonyl (C=O) groups excluding carboxylic acids is 1. The van der Waals surface area contributed by atoms with E-state index in [1.807, 2.05) is 6.07 Å². The van der Waals surface area contributed by atoms with Crippen molar-refractivity contribution in [2.45, 2.75) is 0 Å². The number of aromatic nitrogens is 1. The molecule has 0 fully saturated rings. The first-order chi connectivity index (χ1) is 10.1.